The highest BCUT2D eigenvalue weighted by Crippen LogP contribution is 2.43. The van der Waals surface area contributed by atoms with Crippen molar-refractivity contribution < 1.29 is 27.1 Å². The van der Waals surface area contributed by atoms with Crippen molar-refractivity contribution in [2.24, 2.45) is 5.92 Å². The van der Waals surface area contributed by atoms with Crippen LogP contribution in [0.4, 0.5) is 10.1 Å². The Kier molecular flexibility index (Phi) is 8.98. The van der Waals surface area contributed by atoms with Gasteiger partial charge in [-0.05, 0) is 68.4 Å². The lowest BCUT2D eigenvalue weighted by molar-refractivity contribution is 0.0196. The second kappa shape index (κ2) is 13.1. The molecule has 1 aliphatic carbocycles. The van der Waals surface area contributed by atoms with E-state index in [1.165, 1.54) is 16.4 Å². The average Bonchev–Trinajstić information content (AvgIpc) is 3.68. The van der Waals surface area contributed by atoms with E-state index in [4.69, 9.17) is 19.6 Å². The molecule has 3 saturated heterocycles. The Morgan fingerprint density at radius 3 is 2.46 bits per heavy atom. The molecule has 12 nitrogen and oxygen atoms in total. The fourth-order valence-corrected chi connectivity index (χ4v) is 8.38. The second-order valence-corrected chi connectivity index (χ2v) is 14.6. The molecule has 1 aromatic carbocycles. The Bertz CT molecular complexity index is 1670. The molecule has 7 rings (SSSR count). The van der Waals surface area contributed by atoms with Crippen molar-refractivity contribution in [1.82, 2.24) is 28.7 Å². The van der Waals surface area contributed by atoms with Crippen molar-refractivity contribution >= 4 is 32.8 Å². The fraction of sp³-hybridized carbons (Fsp3) is 0.594. The summed E-state index contributed by atoms with van der Waals surface area (Å²) >= 11 is 0. The first-order chi connectivity index (χ1) is 22.3. The zero-order valence-electron chi connectivity index (χ0n) is 26.2. The summed E-state index contributed by atoms with van der Waals surface area (Å²) < 4.78 is 57.1. The molecule has 3 aromatic rings. The maximum Gasteiger partial charge on any atom is 0.304 e. The minimum Gasteiger partial charge on any atom is -0.384 e. The van der Waals surface area contributed by atoms with Gasteiger partial charge in [-0.1, -0.05) is 6.42 Å². The number of nitrogens with zero attached hydrogens (tertiary/aromatic N) is 6. The lowest BCUT2D eigenvalue weighted by atomic mass is 9.82. The van der Waals surface area contributed by atoms with Crippen LogP contribution in [0.2, 0.25) is 0 Å². The van der Waals surface area contributed by atoms with E-state index < -0.39 is 16.1 Å². The number of pyridine rings is 1. The lowest BCUT2D eigenvalue weighted by Crippen LogP contribution is -2.47. The predicted molar refractivity (Wildman–Crippen MR) is 171 cm³/mol. The van der Waals surface area contributed by atoms with Crippen LogP contribution in [0.15, 0.2) is 30.3 Å². The number of rotatable bonds is 9. The van der Waals surface area contributed by atoms with Crippen LogP contribution in [0.1, 0.15) is 60.6 Å². The van der Waals surface area contributed by atoms with Crippen LogP contribution in [0.25, 0.3) is 16.7 Å². The maximum absolute atomic E-state index is 13.9. The number of amides is 1. The molecule has 0 bridgehead atoms. The number of methoxy groups -OCH3 is 1. The largest absolute Gasteiger partial charge is 0.384 e. The third-order valence-electron chi connectivity index (χ3n) is 10.0. The quantitative estimate of drug-likeness (QED) is 0.371. The third-order valence-corrected chi connectivity index (χ3v) is 11.5. The van der Waals surface area contributed by atoms with Gasteiger partial charge in [-0.15, -0.1) is 0 Å². The van der Waals surface area contributed by atoms with Gasteiger partial charge < -0.3 is 14.4 Å². The van der Waals surface area contributed by atoms with Gasteiger partial charge in [0.25, 0.3) is 5.91 Å². The number of ether oxygens (including phenoxy) is 2. The molecule has 2 aromatic heterocycles. The van der Waals surface area contributed by atoms with Crippen LogP contribution < -0.4 is 9.62 Å². The molecule has 3 aliphatic heterocycles. The molecule has 46 heavy (non-hydrogen) atoms. The molecule has 4 fully saturated rings. The molecule has 1 N–H and O–H groups in total. The van der Waals surface area contributed by atoms with Gasteiger partial charge in [0, 0.05) is 64.9 Å². The van der Waals surface area contributed by atoms with Gasteiger partial charge in [-0.2, -0.15) is 17.8 Å². The minimum absolute atomic E-state index is 0.00237. The van der Waals surface area contributed by atoms with Crippen molar-refractivity contribution in [2.75, 3.05) is 71.1 Å². The molecule has 4 aliphatic rings. The number of anilines is 1. The molecule has 0 spiro atoms. The fourth-order valence-electron chi connectivity index (χ4n) is 7.20. The summed E-state index contributed by atoms with van der Waals surface area (Å²) in [6, 6.07) is 7.84. The van der Waals surface area contributed by atoms with Gasteiger partial charge >= 0.3 is 10.2 Å². The molecule has 1 atom stereocenters. The number of halogens is 1. The van der Waals surface area contributed by atoms with E-state index in [1.54, 1.807) is 30.0 Å². The van der Waals surface area contributed by atoms with E-state index in [2.05, 4.69) is 14.5 Å². The summed E-state index contributed by atoms with van der Waals surface area (Å²) in [6.07, 6.45) is 5.68. The number of benzene rings is 1. The van der Waals surface area contributed by atoms with Gasteiger partial charge in [0.15, 0.2) is 5.65 Å². The number of carbonyl (C=O) groups is 1. The van der Waals surface area contributed by atoms with Gasteiger partial charge in [0.2, 0.25) is 0 Å². The second-order valence-electron chi connectivity index (χ2n) is 12.9. The van der Waals surface area contributed by atoms with E-state index >= 15 is 0 Å². The first kappa shape index (κ1) is 31.4. The number of hydrogen-bond donors (Lipinski definition) is 1. The Morgan fingerprint density at radius 1 is 1.04 bits per heavy atom. The Labute approximate surface area is 269 Å². The minimum atomic E-state index is -4.11. The summed E-state index contributed by atoms with van der Waals surface area (Å²) in [5.41, 5.74) is 2.81. The smallest absolute Gasteiger partial charge is 0.304 e. The number of nitrogens with one attached hydrogen (secondary N) is 1. The zero-order valence-corrected chi connectivity index (χ0v) is 27.1. The van der Waals surface area contributed by atoms with Crippen LogP contribution in [0.3, 0.4) is 0 Å². The standard InChI is InChI=1S/C32H42FN7O5S/c1-44-21-22-9-12-38(13-10-22)28-19-27(32(41)36-46(42,43)39-14-11-26(20-39)37-15-17-45-18-16-37)34-31-29(28)30(23-3-2-4-23)35-40(31)25-7-5-24(33)6-8-25/h5-8,19,22-23,26H,2-4,9-18,20-21H2,1H3,(H,36,41). The maximum atomic E-state index is 13.9. The van der Waals surface area contributed by atoms with Gasteiger partial charge in [-0.3, -0.25) is 9.69 Å². The van der Waals surface area contributed by atoms with E-state index in [1.807, 2.05) is 0 Å². The molecule has 0 radical (unpaired) electrons. The molecule has 248 valence electrons. The SMILES string of the molecule is COCC1CCN(c2cc(C(=O)NS(=O)(=O)N3CCC(N4CCOCC4)C3)nc3c2c(C2CCC2)nn3-c2ccc(F)cc2)CC1. The molecular formula is C32H42FN7O5S. The lowest BCUT2D eigenvalue weighted by Gasteiger charge is -2.34. The van der Waals surface area contributed by atoms with Crippen LogP contribution in [-0.4, -0.2) is 111 Å². The Balaban J connectivity index is 1.24. The highest BCUT2D eigenvalue weighted by molar-refractivity contribution is 7.87. The van der Waals surface area contributed by atoms with E-state index in [0.717, 1.165) is 75.1 Å². The highest BCUT2D eigenvalue weighted by Gasteiger charge is 2.37. The summed E-state index contributed by atoms with van der Waals surface area (Å²) in [6.45, 7) is 5.68. The van der Waals surface area contributed by atoms with Crippen LogP contribution in [-0.2, 0) is 19.7 Å². The number of carbonyl (C=O) groups excluding carboxylic acids is 1. The summed E-state index contributed by atoms with van der Waals surface area (Å²) in [5.74, 6) is -0.453. The Hall–Kier alpha value is -3.17. The van der Waals surface area contributed by atoms with Crippen LogP contribution in [0.5, 0.6) is 0 Å². The van der Waals surface area contributed by atoms with E-state index in [9.17, 15) is 17.6 Å². The summed E-state index contributed by atoms with van der Waals surface area (Å²) in [7, 11) is -2.39. The number of morpholine rings is 1. The molecule has 14 heteroatoms. The molecular weight excluding hydrogens is 613 g/mol. The summed E-state index contributed by atoms with van der Waals surface area (Å²) in [4.78, 5) is 23.1. The average molecular weight is 656 g/mol. The third kappa shape index (κ3) is 6.25. The zero-order chi connectivity index (χ0) is 31.8. The van der Waals surface area contributed by atoms with E-state index in [-0.39, 0.29) is 23.5 Å². The normalized spacial score (nSPS) is 22.4. The van der Waals surface area contributed by atoms with Crippen molar-refractivity contribution in [3.05, 3.63) is 47.5 Å². The van der Waals surface area contributed by atoms with Gasteiger partial charge in [0.05, 0.1) is 35.7 Å². The Morgan fingerprint density at radius 2 is 1.78 bits per heavy atom. The number of aromatic nitrogens is 3. The van der Waals surface area contributed by atoms with Crippen LogP contribution >= 0.6 is 0 Å². The summed E-state index contributed by atoms with van der Waals surface area (Å²) in [5, 5.41) is 5.88. The first-order valence-electron chi connectivity index (χ1n) is 16.4. The van der Waals surface area contributed by atoms with Crippen molar-refractivity contribution in [3.63, 3.8) is 0 Å². The molecule has 1 unspecified atom stereocenters. The van der Waals surface area contributed by atoms with Gasteiger partial charge in [-0.25, -0.2) is 18.8 Å². The molecule has 1 amide bonds. The van der Waals surface area contributed by atoms with Gasteiger partial charge in [0.1, 0.15) is 11.5 Å². The number of fused-ring (bicyclic) bond motifs is 1. The van der Waals surface area contributed by atoms with Crippen molar-refractivity contribution in [3.8, 4) is 5.69 Å². The number of hydrogen-bond acceptors (Lipinski definition) is 9. The highest BCUT2D eigenvalue weighted by atomic mass is 32.2. The van der Waals surface area contributed by atoms with Crippen LogP contribution in [0, 0.1) is 11.7 Å². The van der Waals surface area contributed by atoms with Crippen molar-refractivity contribution in [1.29, 1.82) is 0 Å². The number of piperidine rings is 1. The van der Waals surface area contributed by atoms with Crippen molar-refractivity contribution in [2.45, 2.75) is 50.5 Å². The monoisotopic (exact) mass is 655 g/mol. The molecule has 5 heterocycles. The predicted octanol–water partition coefficient (Wildman–Crippen LogP) is 3.07. The topological polar surface area (TPSA) is 122 Å². The van der Waals surface area contributed by atoms with E-state index in [0.29, 0.717) is 56.6 Å². The first-order valence-corrected chi connectivity index (χ1v) is 17.8. The molecule has 1 saturated carbocycles.